The van der Waals surface area contributed by atoms with Gasteiger partial charge in [0.15, 0.2) is 0 Å². The molecule has 0 nitrogen and oxygen atoms in total. The van der Waals surface area contributed by atoms with Gasteiger partial charge in [0, 0.05) is 0 Å². The monoisotopic (exact) mass is 592 g/mol. The second kappa shape index (κ2) is 17.1. The third-order valence-corrected chi connectivity index (χ3v) is 8.70. The van der Waals surface area contributed by atoms with Crippen LogP contribution in [0.25, 0.3) is 27.8 Å². The van der Waals surface area contributed by atoms with Crippen LogP contribution in [0.4, 0.5) is 8.78 Å². The van der Waals surface area contributed by atoms with E-state index in [0.717, 1.165) is 110 Å². The largest absolute Gasteiger partial charge is 0.278 e. The highest BCUT2D eigenvalue weighted by atomic mass is 19.3. The Kier molecular flexibility index (Phi) is 13.0. The van der Waals surface area contributed by atoms with Gasteiger partial charge in [-0.2, -0.15) is 8.78 Å². The molecule has 0 aliphatic rings. The maximum atomic E-state index is 15.5. The van der Waals surface area contributed by atoms with E-state index >= 15 is 8.78 Å². The first-order valence-electron chi connectivity index (χ1n) is 17.0. The summed E-state index contributed by atoms with van der Waals surface area (Å²) in [6.07, 6.45) is 11.0. The predicted octanol–water partition coefficient (Wildman–Crippen LogP) is 13.0. The topological polar surface area (TPSA) is 0 Å². The number of hydrogen-bond donors (Lipinski definition) is 0. The van der Waals surface area contributed by atoms with Crippen molar-refractivity contribution < 1.29 is 8.78 Å². The van der Waals surface area contributed by atoms with Gasteiger partial charge in [-0.25, -0.2) is 0 Å². The fraction of sp³-hybridized carbons (Fsp3) is 0.381. The fourth-order valence-electron chi connectivity index (χ4n) is 5.99. The van der Waals surface area contributed by atoms with Crippen LogP contribution in [-0.2, 0) is 25.7 Å². The first-order chi connectivity index (χ1) is 21.5. The van der Waals surface area contributed by atoms with E-state index in [9.17, 15) is 0 Å². The summed E-state index contributed by atoms with van der Waals surface area (Å²) in [5.74, 6) is 0. The molecule has 0 aliphatic carbocycles. The van der Waals surface area contributed by atoms with Gasteiger partial charge >= 0.3 is 0 Å². The van der Waals surface area contributed by atoms with Crippen LogP contribution in [0.1, 0.15) is 112 Å². The molecule has 0 radical (unpaired) electrons. The summed E-state index contributed by atoms with van der Waals surface area (Å²) in [6, 6.07) is 29.5. The number of halogens is 2. The zero-order valence-corrected chi connectivity index (χ0v) is 27.3. The molecule has 0 spiro atoms. The van der Waals surface area contributed by atoms with E-state index in [2.05, 4.69) is 100 Å². The molecule has 0 fully saturated rings. The van der Waals surface area contributed by atoms with Gasteiger partial charge < -0.3 is 0 Å². The summed E-state index contributed by atoms with van der Waals surface area (Å²) in [7, 11) is 0. The Labute approximate surface area is 265 Å². The minimum atomic E-state index is -1.63. The summed E-state index contributed by atoms with van der Waals surface area (Å²) in [4.78, 5) is 0. The van der Waals surface area contributed by atoms with Crippen LogP contribution in [0, 0.1) is 0 Å². The molecule has 0 unspecified atom stereocenters. The fourth-order valence-corrected chi connectivity index (χ4v) is 5.99. The molecule has 0 aliphatic heterocycles. The van der Waals surface area contributed by atoms with Crippen molar-refractivity contribution in [1.82, 2.24) is 0 Å². The Balaban J connectivity index is 1.90. The Morgan fingerprint density at radius 1 is 0.432 bits per heavy atom. The van der Waals surface area contributed by atoms with Crippen molar-refractivity contribution >= 4 is 5.57 Å². The number of aryl methyl sites for hydroxylation is 4. The van der Waals surface area contributed by atoms with Crippen molar-refractivity contribution in [3.63, 3.8) is 0 Å². The lowest BCUT2D eigenvalue weighted by Gasteiger charge is -2.19. The quantitative estimate of drug-likeness (QED) is 0.121. The van der Waals surface area contributed by atoms with Crippen LogP contribution in [0.5, 0.6) is 0 Å². The zero-order chi connectivity index (χ0) is 31.3. The Morgan fingerprint density at radius 3 is 1.07 bits per heavy atom. The molecule has 232 valence electrons. The first-order valence-corrected chi connectivity index (χ1v) is 17.0. The molecule has 0 amide bonds. The summed E-state index contributed by atoms with van der Waals surface area (Å²) in [5, 5.41) is 0. The standard InChI is InChI=1S/C42H50F2/c1-5-9-13-31-17-23-35(24-18-31)37-27-21-33(15-11-7-3)29-39(37)41(42(43)44)40-30-34(16-12-8-4)22-28-38(40)36-25-19-32(20-26-36)14-10-6-2/h17-30H,5-16H2,1-4H3. The highest BCUT2D eigenvalue weighted by Gasteiger charge is 2.22. The second-order valence-corrected chi connectivity index (χ2v) is 12.2. The van der Waals surface area contributed by atoms with E-state index < -0.39 is 6.08 Å². The second-order valence-electron chi connectivity index (χ2n) is 12.2. The molecular weight excluding hydrogens is 542 g/mol. The average Bonchev–Trinajstić information content (AvgIpc) is 3.05. The van der Waals surface area contributed by atoms with Gasteiger partial charge in [0.2, 0.25) is 0 Å². The molecule has 0 aromatic heterocycles. The molecule has 0 saturated carbocycles. The molecule has 0 atom stereocenters. The smallest absolute Gasteiger partial charge is 0.173 e. The summed E-state index contributed by atoms with van der Waals surface area (Å²) in [6.45, 7) is 8.74. The molecule has 4 rings (SSSR count). The van der Waals surface area contributed by atoms with E-state index in [-0.39, 0.29) is 5.57 Å². The van der Waals surface area contributed by atoms with Gasteiger partial charge in [0.25, 0.3) is 6.08 Å². The van der Waals surface area contributed by atoms with Crippen LogP contribution in [0.3, 0.4) is 0 Å². The molecular formula is C42H50F2. The van der Waals surface area contributed by atoms with Gasteiger partial charge in [-0.3, -0.25) is 0 Å². The van der Waals surface area contributed by atoms with Crippen LogP contribution >= 0.6 is 0 Å². The highest BCUT2D eigenvalue weighted by molar-refractivity contribution is 5.94. The van der Waals surface area contributed by atoms with E-state index in [0.29, 0.717) is 11.1 Å². The third kappa shape index (κ3) is 8.78. The van der Waals surface area contributed by atoms with Crippen molar-refractivity contribution in [1.29, 1.82) is 0 Å². The van der Waals surface area contributed by atoms with Crippen molar-refractivity contribution in [3.05, 3.63) is 124 Å². The van der Waals surface area contributed by atoms with E-state index in [4.69, 9.17) is 0 Å². The molecule has 4 aromatic rings. The maximum absolute atomic E-state index is 15.5. The minimum Gasteiger partial charge on any atom is -0.173 e. The Morgan fingerprint density at radius 2 is 0.750 bits per heavy atom. The van der Waals surface area contributed by atoms with Gasteiger partial charge in [-0.15, -0.1) is 0 Å². The lowest BCUT2D eigenvalue weighted by molar-refractivity contribution is 0.426. The Hall–Kier alpha value is -3.52. The van der Waals surface area contributed by atoms with Crippen molar-refractivity contribution in [2.75, 3.05) is 0 Å². The predicted molar refractivity (Wildman–Crippen MR) is 186 cm³/mol. The van der Waals surface area contributed by atoms with Gasteiger partial charge in [-0.1, -0.05) is 138 Å². The average molecular weight is 593 g/mol. The molecule has 0 saturated heterocycles. The zero-order valence-electron chi connectivity index (χ0n) is 27.3. The summed E-state index contributed by atoms with van der Waals surface area (Å²) in [5.41, 5.74) is 9.74. The van der Waals surface area contributed by atoms with Crippen molar-refractivity contribution in [2.45, 2.75) is 105 Å². The van der Waals surface area contributed by atoms with Crippen LogP contribution < -0.4 is 0 Å². The van der Waals surface area contributed by atoms with Gasteiger partial charge in [-0.05, 0) is 107 Å². The SMILES string of the molecule is CCCCc1ccc(-c2ccc(CCCC)cc2C(=C(F)F)c2cc(CCCC)ccc2-c2ccc(CCCC)cc2)cc1. The van der Waals surface area contributed by atoms with Crippen molar-refractivity contribution in [2.24, 2.45) is 0 Å². The number of rotatable bonds is 16. The van der Waals surface area contributed by atoms with Crippen LogP contribution in [-0.4, -0.2) is 0 Å². The maximum Gasteiger partial charge on any atom is 0.278 e. The van der Waals surface area contributed by atoms with Gasteiger partial charge in [0.1, 0.15) is 0 Å². The van der Waals surface area contributed by atoms with E-state index in [1.54, 1.807) is 0 Å². The molecule has 0 heterocycles. The normalized spacial score (nSPS) is 11.1. The van der Waals surface area contributed by atoms with E-state index in [1.807, 2.05) is 12.1 Å². The van der Waals surface area contributed by atoms with Crippen molar-refractivity contribution in [3.8, 4) is 22.3 Å². The first kappa shape index (κ1) is 33.4. The number of unbranched alkanes of at least 4 members (excludes halogenated alkanes) is 4. The molecule has 4 aromatic carbocycles. The number of hydrogen-bond acceptors (Lipinski definition) is 0. The molecule has 0 N–H and O–H groups in total. The Bertz CT molecular complexity index is 1380. The lowest BCUT2D eigenvalue weighted by Crippen LogP contribution is -2.00. The lowest BCUT2D eigenvalue weighted by atomic mass is 9.84. The summed E-state index contributed by atoms with van der Waals surface area (Å²) < 4.78 is 31.0. The highest BCUT2D eigenvalue weighted by Crippen LogP contribution is 2.41. The third-order valence-electron chi connectivity index (χ3n) is 8.70. The number of benzene rings is 4. The molecule has 2 heteroatoms. The van der Waals surface area contributed by atoms with Gasteiger partial charge in [0.05, 0.1) is 5.57 Å². The molecule has 44 heavy (non-hydrogen) atoms. The summed E-state index contributed by atoms with van der Waals surface area (Å²) >= 11 is 0. The minimum absolute atomic E-state index is 0.0526. The van der Waals surface area contributed by atoms with Crippen LogP contribution in [0.15, 0.2) is 91.0 Å². The van der Waals surface area contributed by atoms with E-state index in [1.165, 1.54) is 11.1 Å². The molecule has 0 bridgehead atoms. The van der Waals surface area contributed by atoms with Crippen LogP contribution in [0.2, 0.25) is 0 Å².